The fourth-order valence-corrected chi connectivity index (χ4v) is 7.03. The van der Waals surface area contributed by atoms with E-state index in [0.29, 0.717) is 30.0 Å². The number of ether oxygens (including phenoxy) is 1. The van der Waals surface area contributed by atoms with E-state index in [2.05, 4.69) is 38.4 Å². The third-order valence-corrected chi connectivity index (χ3v) is 9.31. The minimum absolute atomic E-state index is 0.0250. The van der Waals surface area contributed by atoms with E-state index in [4.69, 9.17) is 9.72 Å². The first kappa shape index (κ1) is 28.7. The summed E-state index contributed by atoms with van der Waals surface area (Å²) in [4.78, 5) is 35.7. The van der Waals surface area contributed by atoms with Gasteiger partial charge in [0.2, 0.25) is 17.7 Å². The van der Waals surface area contributed by atoms with E-state index in [1.807, 2.05) is 24.7 Å². The molecule has 0 unspecified atom stereocenters. The summed E-state index contributed by atoms with van der Waals surface area (Å²) >= 11 is 0. The molecule has 0 aromatic carbocycles. The van der Waals surface area contributed by atoms with Gasteiger partial charge in [0, 0.05) is 49.8 Å². The van der Waals surface area contributed by atoms with Crippen molar-refractivity contribution < 1.29 is 14.3 Å². The Kier molecular flexibility index (Phi) is 8.50. The van der Waals surface area contributed by atoms with Gasteiger partial charge >= 0.3 is 0 Å². The third-order valence-electron chi connectivity index (χ3n) is 9.31. The molecule has 2 aromatic rings. The van der Waals surface area contributed by atoms with E-state index < -0.39 is 0 Å². The first-order valence-corrected chi connectivity index (χ1v) is 15.8. The van der Waals surface area contributed by atoms with Gasteiger partial charge in [0.15, 0.2) is 0 Å². The number of anilines is 1. The van der Waals surface area contributed by atoms with Gasteiger partial charge in [0.25, 0.3) is 5.91 Å². The van der Waals surface area contributed by atoms with Crippen molar-refractivity contribution >= 4 is 17.8 Å². The molecule has 1 saturated carbocycles. The molecule has 6 rings (SSSR count). The summed E-state index contributed by atoms with van der Waals surface area (Å²) in [7, 11) is 0. The summed E-state index contributed by atoms with van der Waals surface area (Å²) in [6, 6.07) is -0.228. The lowest BCUT2D eigenvalue weighted by molar-refractivity contribution is -0.127. The second kappa shape index (κ2) is 12.4. The van der Waals surface area contributed by atoms with Gasteiger partial charge in [0.05, 0.1) is 23.6 Å². The van der Waals surface area contributed by atoms with Crippen LogP contribution in [0.25, 0.3) is 0 Å². The number of piperidine rings is 1. The Hall–Kier alpha value is -3.41. The highest BCUT2D eigenvalue weighted by atomic mass is 16.5. The lowest BCUT2D eigenvalue weighted by atomic mass is 9.82. The number of hydrogen-bond acceptors (Lipinski definition) is 8. The number of amides is 2. The number of fused-ring (bicyclic) bond motifs is 1. The Labute approximate surface area is 247 Å². The van der Waals surface area contributed by atoms with Crippen molar-refractivity contribution in [2.45, 2.75) is 90.6 Å². The average Bonchev–Trinajstić information content (AvgIpc) is 3.66. The Bertz CT molecular complexity index is 1300. The SMILES string of the molecule is CC(C)n1ncnc1C(=O)N[C@H](c1cn2c(n1)NC(C1CCOCC1)=C(C[C@H]1C[C@H](C)CNC1=O)N2)C1CCCCC1. The van der Waals surface area contributed by atoms with Crippen molar-refractivity contribution in [1.29, 1.82) is 0 Å². The molecular weight excluding hydrogens is 534 g/mol. The minimum atomic E-state index is -0.253. The van der Waals surface area contributed by atoms with E-state index in [-0.39, 0.29) is 35.7 Å². The zero-order chi connectivity index (χ0) is 29.2. The average molecular weight is 580 g/mol. The second-order valence-electron chi connectivity index (χ2n) is 12.8. The quantitative estimate of drug-likeness (QED) is 0.370. The molecule has 0 bridgehead atoms. The predicted octanol–water partition coefficient (Wildman–Crippen LogP) is 3.88. The van der Waals surface area contributed by atoms with Gasteiger partial charge in [-0.25, -0.2) is 19.3 Å². The maximum absolute atomic E-state index is 13.5. The van der Waals surface area contributed by atoms with Gasteiger partial charge in [-0.1, -0.05) is 26.2 Å². The number of rotatable bonds is 8. The molecule has 12 nitrogen and oxygen atoms in total. The summed E-state index contributed by atoms with van der Waals surface area (Å²) in [6.45, 7) is 8.35. The smallest absolute Gasteiger partial charge is 0.289 e. The van der Waals surface area contributed by atoms with Crippen LogP contribution < -0.4 is 21.4 Å². The topological polar surface area (TPSA) is 140 Å². The molecule has 3 atom stereocenters. The van der Waals surface area contributed by atoms with Crippen molar-refractivity contribution in [2.24, 2.45) is 23.7 Å². The molecule has 5 heterocycles. The summed E-state index contributed by atoms with van der Waals surface area (Å²) in [5.74, 6) is 1.87. The molecule has 0 radical (unpaired) electrons. The van der Waals surface area contributed by atoms with Crippen LogP contribution in [0.4, 0.5) is 5.95 Å². The van der Waals surface area contributed by atoms with Crippen LogP contribution in [-0.4, -0.2) is 56.0 Å². The molecule has 228 valence electrons. The van der Waals surface area contributed by atoms with E-state index in [0.717, 1.165) is 81.8 Å². The maximum atomic E-state index is 13.5. The molecule has 0 spiro atoms. The summed E-state index contributed by atoms with van der Waals surface area (Å²) in [5, 5.41) is 14.3. The van der Waals surface area contributed by atoms with Crippen LogP contribution in [0.15, 0.2) is 23.9 Å². The lowest BCUT2D eigenvalue weighted by Gasteiger charge is -2.34. The van der Waals surface area contributed by atoms with Crippen LogP contribution in [0.1, 0.15) is 107 Å². The Morgan fingerprint density at radius 1 is 1.17 bits per heavy atom. The number of carbonyl (C=O) groups excluding carboxylic acids is 2. The van der Waals surface area contributed by atoms with Crippen molar-refractivity contribution in [3.63, 3.8) is 0 Å². The number of allylic oxidation sites excluding steroid dienone is 2. The van der Waals surface area contributed by atoms with Crippen LogP contribution in [-0.2, 0) is 9.53 Å². The van der Waals surface area contributed by atoms with Crippen LogP contribution >= 0.6 is 0 Å². The molecule has 2 amide bonds. The number of nitrogens with zero attached hydrogens (tertiary/aromatic N) is 5. The molecule has 12 heteroatoms. The van der Waals surface area contributed by atoms with E-state index >= 15 is 0 Å². The number of nitrogens with one attached hydrogen (secondary N) is 4. The van der Waals surface area contributed by atoms with Crippen LogP contribution in [0.2, 0.25) is 0 Å². The van der Waals surface area contributed by atoms with Crippen molar-refractivity contribution in [3.8, 4) is 0 Å². The molecule has 3 aliphatic heterocycles. The number of hydrogen-bond donors (Lipinski definition) is 4. The largest absolute Gasteiger partial charge is 0.381 e. The Balaban J connectivity index is 1.28. The first-order valence-electron chi connectivity index (χ1n) is 15.8. The van der Waals surface area contributed by atoms with Gasteiger partial charge in [-0.05, 0) is 57.8 Å². The van der Waals surface area contributed by atoms with Crippen LogP contribution in [0.5, 0.6) is 0 Å². The van der Waals surface area contributed by atoms with Gasteiger partial charge < -0.3 is 20.7 Å². The maximum Gasteiger partial charge on any atom is 0.289 e. The number of aromatic nitrogens is 5. The molecule has 4 aliphatic rings. The fraction of sp³-hybridized carbons (Fsp3) is 0.700. The van der Waals surface area contributed by atoms with Crippen molar-refractivity contribution in [2.75, 3.05) is 30.5 Å². The van der Waals surface area contributed by atoms with Crippen LogP contribution in [0.3, 0.4) is 0 Å². The van der Waals surface area contributed by atoms with Gasteiger partial charge in [-0.2, -0.15) is 5.10 Å². The number of imidazole rings is 1. The van der Waals surface area contributed by atoms with Gasteiger partial charge in [0.1, 0.15) is 6.33 Å². The molecule has 2 aromatic heterocycles. The van der Waals surface area contributed by atoms with E-state index in [1.165, 1.54) is 12.7 Å². The molecule has 2 saturated heterocycles. The molecular formula is C30H45N9O3. The highest BCUT2D eigenvalue weighted by Gasteiger charge is 2.35. The zero-order valence-electron chi connectivity index (χ0n) is 25.1. The predicted molar refractivity (Wildman–Crippen MR) is 158 cm³/mol. The van der Waals surface area contributed by atoms with E-state index in [1.54, 1.807) is 4.68 Å². The van der Waals surface area contributed by atoms with Gasteiger partial charge in [-0.3, -0.25) is 15.0 Å². The van der Waals surface area contributed by atoms with Gasteiger partial charge in [-0.15, -0.1) is 0 Å². The first-order chi connectivity index (χ1) is 20.4. The van der Waals surface area contributed by atoms with Crippen molar-refractivity contribution in [1.82, 2.24) is 35.1 Å². The van der Waals surface area contributed by atoms with E-state index in [9.17, 15) is 9.59 Å². The Morgan fingerprint density at radius 2 is 1.95 bits per heavy atom. The van der Waals surface area contributed by atoms with Crippen LogP contribution in [0, 0.1) is 23.7 Å². The summed E-state index contributed by atoms with van der Waals surface area (Å²) in [5.41, 5.74) is 6.59. The Morgan fingerprint density at radius 3 is 2.71 bits per heavy atom. The van der Waals surface area contributed by atoms with Crippen molar-refractivity contribution in [3.05, 3.63) is 35.4 Å². The lowest BCUT2D eigenvalue weighted by Crippen LogP contribution is -2.42. The normalized spacial score (nSPS) is 24.5. The number of carbonyl (C=O) groups is 2. The molecule has 1 aliphatic carbocycles. The monoisotopic (exact) mass is 579 g/mol. The fourth-order valence-electron chi connectivity index (χ4n) is 7.03. The second-order valence-corrected chi connectivity index (χ2v) is 12.8. The molecule has 4 N–H and O–H groups in total. The third kappa shape index (κ3) is 6.04. The summed E-state index contributed by atoms with van der Waals surface area (Å²) in [6.07, 6.45) is 12.4. The molecule has 42 heavy (non-hydrogen) atoms. The highest BCUT2D eigenvalue weighted by Crippen LogP contribution is 2.37. The minimum Gasteiger partial charge on any atom is -0.381 e. The molecule has 3 fully saturated rings. The standard InChI is InChI=1S/C30H45N9O3/c1-18(2)39-27(32-17-33-39)29(41)35-26(20-7-5-4-6-8-20)24-16-38-30(34-24)36-25(21-9-11-42-12-10-21)23(37-38)14-22-13-19(3)15-31-28(22)40/h16-22,26,37H,4-15H2,1-3H3,(H,31,40)(H,34,36)(H,35,41)/t19-,22+,26-/m0/s1. The highest BCUT2D eigenvalue weighted by molar-refractivity contribution is 5.91. The summed E-state index contributed by atoms with van der Waals surface area (Å²) < 4.78 is 9.25. The zero-order valence-corrected chi connectivity index (χ0v) is 25.1.